The molecule has 2 aliphatic rings. The molecule has 1 fully saturated rings. The molecule has 12 heteroatoms. The van der Waals surface area contributed by atoms with E-state index in [0.717, 1.165) is 34.7 Å². The lowest BCUT2D eigenvalue weighted by Crippen LogP contribution is -2.78. The highest BCUT2D eigenvalue weighted by atomic mass is 19.4. The Balaban J connectivity index is 1.53. The predicted octanol–water partition coefficient (Wildman–Crippen LogP) is 6.67. The van der Waals surface area contributed by atoms with Gasteiger partial charge >= 0.3 is 12.5 Å². The number of nitrogens with one attached hydrogen (secondary N) is 1. The lowest BCUT2D eigenvalue weighted by molar-refractivity contribution is -0.274. The quantitative estimate of drug-likeness (QED) is 0.359. The van der Waals surface area contributed by atoms with Gasteiger partial charge in [-0.05, 0) is 66.1 Å². The molecule has 3 aromatic rings. The number of hydrogen-bond donors (Lipinski definition) is 1. The molecule has 2 heterocycles. The largest absolute Gasteiger partial charge is 0.573 e. The number of alkyl halides is 6. The van der Waals surface area contributed by atoms with E-state index in [1.807, 2.05) is 6.92 Å². The van der Waals surface area contributed by atoms with E-state index in [9.17, 15) is 35.5 Å². The van der Waals surface area contributed by atoms with E-state index in [2.05, 4.69) is 10.1 Å². The lowest BCUT2D eigenvalue weighted by Gasteiger charge is -2.59. The van der Waals surface area contributed by atoms with Gasteiger partial charge in [0.15, 0.2) is 0 Å². The number of carbonyl (C=O) groups excluding carboxylic acids is 1. The van der Waals surface area contributed by atoms with E-state index in [0.29, 0.717) is 12.1 Å². The number of likely N-dealkylation sites (tertiary alicyclic amines) is 1. The molecule has 0 bridgehead atoms. The number of ether oxygens (including phenoxy) is 1. The van der Waals surface area contributed by atoms with Crippen LogP contribution in [-0.4, -0.2) is 42.1 Å². The fraction of sp³-hybridized carbons (Fsp3) is 0.296. The van der Waals surface area contributed by atoms with Crippen LogP contribution in [0.3, 0.4) is 0 Å². The average molecular weight is 553 g/mol. The number of fused-ring (bicyclic) bond motifs is 1. The van der Waals surface area contributed by atoms with Gasteiger partial charge in [0.25, 0.3) is 5.91 Å². The summed E-state index contributed by atoms with van der Waals surface area (Å²) in [5, 5.41) is 3.23. The van der Waals surface area contributed by atoms with Gasteiger partial charge in [-0.25, -0.2) is 4.39 Å². The molecule has 39 heavy (non-hydrogen) atoms. The molecule has 1 saturated heterocycles. The van der Waals surface area contributed by atoms with Gasteiger partial charge < -0.3 is 10.1 Å². The maximum absolute atomic E-state index is 14.2. The predicted molar refractivity (Wildman–Crippen MR) is 129 cm³/mol. The van der Waals surface area contributed by atoms with Crippen LogP contribution in [0.15, 0.2) is 66.7 Å². The third kappa shape index (κ3) is 5.12. The summed E-state index contributed by atoms with van der Waals surface area (Å²) in [6.07, 6.45) is -9.01. The molecule has 3 aromatic carbocycles. The van der Waals surface area contributed by atoms with Crippen molar-refractivity contribution in [2.24, 2.45) is 0 Å². The zero-order valence-electron chi connectivity index (χ0n) is 20.4. The number of hydrogen-bond acceptors (Lipinski definition) is 4. The van der Waals surface area contributed by atoms with E-state index in [4.69, 9.17) is 0 Å². The zero-order valence-corrected chi connectivity index (χ0v) is 20.4. The van der Waals surface area contributed by atoms with Crippen molar-refractivity contribution in [1.29, 1.82) is 0 Å². The van der Waals surface area contributed by atoms with Gasteiger partial charge in [-0.2, -0.15) is 13.2 Å². The van der Waals surface area contributed by atoms with Crippen LogP contribution in [0, 0.1) is 5.82 Å². The molecule has 1 atom stereocenters. The summed E-state index contributed by atoms with van der Waals surface area (Å²) in [4.78, 5) is 16.1. The number of nitrogens with zero attached hydrogens (tertiary/aromatic N) is 2. The van der Waals surface area contributed by atoms with Crippen LogP contribution in [0.1, 0.15) is 34.5 Å². The molecule has 2 aliphatic heterocycles. The van der Waals surface area contributed by atoms with Gasteiger partial charge in [0.1, 0.15) is 23.3 Å². The van der Waals surface area contributed by atoms with Gasteiger partial charge in [0.05, 0.1) is 5.56 Å². The summed E-state index contributed by atoms with van der Waals surface area (Å²) in [6, 6.07) is 11.8. The second-order valence-corrected chi connectivity index (χ2v) is 9.48. The molecule has 1 N–H and O–H groups in total. The van der Waals surface area contributed by atoms with Gasteiger partial charge in [0.2, 0.25) is 0 Å². The number of amides is 1. The van der Waals surface area contributed by atoms with Crippen molar-refractivity contribution in [1.82, 2.24) is 4.90 Å². The van der Waals surface area contributed by atoms with E-state index < -0.39 is 41.7 Å². The summed E-state index contributed by atoms with van der Waals surface area (Å²) in [7, 11) is 0. The summed E-state index contributed by atoms with van der Waals surface area (Å²) in [6.45, 7) is 1.32. The Morgan fingerprint density at radius 2 is 1.67 bits per heavy atom. The van der Waals surface area contributed by atoms with Crippen LogP contribution < -0.4 is 15.0 Å². The molecule has 1 unspecified atom stereocenters. The highest BCUT2D eigenvalue weighted by Gasteiger charge is 2.59. The standard InChI is InChI=1S/C27H22F7N3O2/c1-2-16-6-11-21-22(12-16)35-25(37(24(21)38)19-7-9-20(10-8-19)39-27(32,33)34)14-36(15-25)23(26(29,30)31)17-4-3-5-18(28)13-17/h3-13,23,35H,2,14-15H2,1H3. The number of rotatable bonds is 5. The smallest absolute Gasteiger partial charge is 0.406 e. The molecule has 5 rings (SSSR count). The van der Waals surface area contributed by atoms with Crippen molar-refractivity contribution in [3.8, 4) is 5.75 Å². The van der Waals surface area contributed by atoms with E-state index in [1.54, 1.807) is 18.2 Å². The van der Waals surface area contributed by atoms with E-state index in [-0.39, 0.29) is 29.9 Å². The highest BCUT2D eigenvalue weighted by Crippen LogP contribution is 2.47. The van der Waals surface area contributed by atoms with Crippen LogP contribution in [0.2, 0.25) is 0 Å². The van der Waals surface area contributed by atoms with Crippen LogP contribution in [0.5, 0.6) is 5.75 Å². The molecule has 1 amide bonds. The third-order valence-electron chi connectivity index (χ3n) is 6.82. The number of anilines is 2. The maximum Gasteiger partial charge on any atom is 0.573 e. The first kappa shape index (κ1) is 26.8. The van der Waals surface area contributed by atoms with Crippen molar-refractivity contribution in [3.63, 3.8) is 0 Å². The van der Waals surface area contributed by atoms with Crippen molar-refractivity contribution in [2.75, 3.05) is 23.3 Å². The van der Waals surface area contributed by atoms with Gasteiger partial charge in [0, 0.05) is 24.5 Å². The van der Waals surface area contributed by atoms with E-state index in [1.165, 1.54) is 29.2 Å². The summed E-state index contributed by atoms with van der Waals surface area (Å²) in [5.41, 5.74) is 0.149. The number of halogens is 7. The summed E-state index contributed by atoms with van der Waals surface area (Å²) >= 11 is 0. The first-order valence-corrected chi connectivity index (χ1v) is 12.0. The van der Waals surface area contributed by atoms with Gasteiger partial charge in [-0.1, -0.05) is 25.1 Å². The number of carbonyl (C=O) groups is 1. The number of benzene rings is 3. The molecule has 5 nitrogen and oxygen atoms in total. The molecule has 0 radical (unpaired) electrons. The second kappa shape index (κ2) is 9.44. The Bertz CT molecular complexity index is 1380. The minimum Gasteiger partial charge on any atom is -0.406 e. The average Bonchev–Trinajstić information content (AvgIpc) is 2.82. The molecule has 0 aromatic heterocycles. The monoisotopic (exact) mass is 553 g/mol. The Morgan fingerprint density at radius 3 is 2.26 bits per heavy atom. The Labute approximate surface area is 218 Å². The fourth-order valence-corrected chi connectivity index (χ4v) is 5.20. The van der Waals surface area contributed by atoms with Crippen molar-refractivity contribution < 1.29 is 40.3 Å². The van der Waals surface area contributed by atoms with Gasteiger partial charge in [-0.3, -0.25) is 14.6 Å². The molecule has 1 spiro atoms. The minimum absolute atomic E-state index is 0.168. The highest BCUT2D eigenvalue weighted by molar-refractivity contribution is 6.13. The van der Waals surface area contributed by atoms with E-state index >= 15 is 0 Å². The fourth-order valence-electron chi connectivity index (χ4n) is 5.20. The maximum atomic E-state index is 14.2. The first-order chi connectivity index (χ1) is 18.3. The molecular formula is C27H22F7N3O2. The van der Waals surface area contributed by atoms with Crippen molar-refractivity contribution in [3.05, 3.63) is 89.2 Å². The van der Waals surface area contributed by atoms with Crippen molar-refractivity contribution >= 4 is 17.3 Å². The van der Waals surface area contributed by atoms with Crippen LogP contribution in [0.25, 0.3) is 0 Å². The Morgan fingerprint density at radius 1 is 0.974 bits per heavy atom. The minimum atomic E-state index is -4.92. The third-order valence-corrected chi connectivity index (χ3v) is 6.82. The molecular weight excluding hydrogens is 531 g/mol. The Kier molecular flexibility index (Phi) is 6.48. The van der Waals surface area contributed by atoms with Crippen LogP contribution in [-0.2, 0) is 6.42 Å². The first-order valence-electron chi connectivity index (χ1n) is 12.0. The SMILES string of the molecule is CCc1ccc2c(c1)NC1(CN(C(c3cccc(F)c3)C(F)(F)F)C1)N(c1ccc(OC(F)(F)F)cc1)C2=O. The summed E-state index contributed by atoms with van der Waals surface area (Å²) in [5.74, 6) is -1.85. The topological polar surface area (TPSA) is 44.8 Å². The molecule has 0 saturated carbocycles. The molecule has 0 aliphatic carbocycles. The van der Waals surface area contributed by atoms with Crippen LogP contribution >= 0.6 is 0 Å². The zero-order chi connectivity index (χ0) is 28.2. The second-order valence-electron chi connectivity index (χ2n) is 9.48. The lowest BCUT2D eigenvalue weighted by atomic mass is 9.87. The Hall–Kier alpha value is -3.80. The summed E-state index contributed by atoms with van der Waals surface area (Å²) < 4.78 is 98.3. The van der Waals surface area contributed by atoms with Gasteiger partial charge in [-0.15, -0.1) is 13.2 Å². The van der Waals surface area contributed by atoms with Crippen LogP contribution in [0.4, 0.5) is 42.1 Å². The number of aryl methyl sites for hydroxylation is 1. The van der Waals surface area contributed by atoms with Crippen molar-refractivity contribution in [2.45, 2.75) is 37.6 Å². The normalized spacial score (nSPS) is 17.8. The molecule has 206 valence electrons.